The van der Waals surface area contributed by atoms with Gasteiger partial charge in [0.05, 0.1) is 18.0 Å². The van der Waals surface area contributed by atoms with Crippen molar-refractivity contribution >= 4 is 17.3 Å². The van der Waals surface area contributed by atoms with Crippen molar-refractivity contribution in [3.63, 3.8) is 0 Å². The summed E-state index contributed by atoms with van der Waals surface area (Å²) < 4.78 is 5.32. The van der Waals surface area contributed by atoms with Crippen molar-refractivity contribution in [2.24, 2.45) is 0 Å². The summed E-state index contributed by atoms with van der Waals surface area (Å²) in [5, 5.41) is 13.3. The molecule has 2 aromatic rings. The first-order valence-corrected chi connectivity index (χ1v) is 6.84. The van der Waals surface area contributed by atoms with Gasteiger partial charge in [0.25, 0.3) is 5.69 Å². The molecule has 6 nitrogen and oxygen atoms in total. The van der Waals surface area contributed by atoms with Crippen LogP contribution >= 0.6 is 0 Å². The van der Waals surface area contributed by atoms with E-state index in [9.17, 15) is 14.9 Å². The smallest absolute Gasteiger partial charge is 0.269 e. The predicted octanol–water partition coefficient (Wildman–Crippen LogP) is 3.17. The van der Waals surface area contributed by atoms with Crippen LogP contribution in [0, 0.1) is 10.1 Å². The topological polar surface area (TPSA) is 81.5 Å². The third-order valence-electron chi connectivity index (χ3n) is 2.96. The fourth-order valence-electron chi connectivity index (χ4n) is 1.93. The summed E-state index contributed by atoms with van der Waals surface area (Å²) in [5.41, 5.74) is 1.40. The number of nitrogens with zero attached hydrogens (tertiary/aromatic N) is 1. The highest BCUT2D eigenvalue weighted by Crippen LogP contribution is 2.16. The Balaban J connectivity index is 1.93. The van der Waals surface area contributed by atoms with Crippen molar-refractivity contribution < 1.29 is 14.5 Å². The molecule has 114 valence electrons. The molecule has 0 heterocycles. The second-order valence-corrected chi connectivity index (χ2v) is 4.61. The van der Waals surface area contributed by atoms with E-state index >= 15 is 0 Å². The highest BCUT2D eigenvalue weighted by Gasteiger charge is 2.07. The summed E-state index contributed by atoms with van der Waals surface area (Å²) in [5.74, 6) is 0.564. The standard InChI is InChI=1S/C16H16N2O4/c1-2-22-15-9-5-13(6-10-15)17-16(19)11-12-3-7-14(8-4-12)18(20)21/h3-10H,2,11H2,1H3,(H,17,19). The number of carbonyl (C=O) groups excluding carboxylic acids is 1. The predicted molar refractivity (Wildman–Crippen MR) is 83.0 cm³/mol. The van der Waals surface area contributed by atoms with E-state index in [4.69, 9.17) is 4.74 Å². The Kier molecular flexibility index (Phi) is 5.08. The molecule has 0 atom stereocenters. The molecule has 0 saturated heterocycles. The normalized spacial score (nSPS) is 10.0. The minimum Gasteiger partial charge on any atom is -0.494 e. The second kappa shape index (κ2) is 7.21. The Morgan fingerprint density at radius 1 is 1.14 bits per heavy atom. The number of carbonyl (C=O) groups is 1. The quantitative estimate of drug-likeness (QED) is 0.656. The van der Waals surface area contributed by atoms with E-state index in [1.807, 2.05) is 6.92 Å². The van der Waals surface area contributed by atoms with Crippen LogP contribution in [0.15, 0.2) is 48.5 Å². The zero-order chi connectivity index (χ0) is 15.9. The van der Waals surface area contributed by atoms with Gasteiger partial charge in [-0.1, -0.05) is 12.1 Å². The van der Waals surface area contributed by atoms with Gasteiger partial charge in [0.1, 0.15) is 5.75 Å². The highest BCUT2D eigenvalue weighted by molar-refractivity contribution is 5.92. The maximum absolute atomic E-state index is 11.9. The Morgan fingerprint density at radius 2 is 1.77 bits per heavy atom. The molecular weight excluding hydrogens is 284 g/mol. The van der Waals surface area contributed by atoms with Crippen molar-refractivity contribution in [3.8, 4) is 5.75 Å². The number of rotatable bonds is 6. The van der Waals surface area contributed by atoms with Crippen molar-refractivity contribution in [1.82, 2.24) is 0 Å². The molecule has 1 N–H and O–H groups in total. The van der Waals surface area contributed by atoms with E-state index in [1.54, 1.807) is 36.4 Å². The number of ether oxygens (including phenoxy) is 1. The largest absolute Gasteiger partial charge is 0.494 e. The summed E-state index contributed by atoms with van der Waals surface area (Å²) in [6, 6.07) is 13.0. The first-order valence-electron chi connectivity index (χ1n) is 6.84. The molecule has 2 aromatic carbocycles. The number of nitro groups is 1. The summed E-state index contributed by atoms with van der Waals surface area (Å²) in [6.45, 7) is 2.49. The molecule has 0 aromatic heterocycles. The highest BCUT2D eigenvalue weighted by atomic mass is 16.6. The fourth-order valence-corrected chi connectivity index (χ4v) is 1.93. The monoisotopic (exact) mass is 300 g/mol. The van der Waals surface area contributed by atoms with Crippen LogP contribution in [0.25, 0.3) is 0 Å². The van der Waals surface area contributed by atoms with Gasteiger partial charge >= 0.3 is 0 Å². The molecule has 0 aliphatic rings. The van der Waals surface area contributed by atoms with Crippen molar-refractivity contribution in [2.75, 3.05) is 11.9 Å². The van der Waals surface area contributed by atoms with Gasteiger partial charge < -0.3 is 10.1 Å². The Bertz CT molecular complexity index is 651. The average Bonchev–Trinajstić information content (AvgIpc) is 2.50. The first kappa shape index (κ1) is 15.5. The molecule has 22 heavy (non-hydrogen) atoms. The van der Waals surface area contributed by atoms with E-state index in [0.717, 1.165) is 5.75 Å². The molecule has 2 rings (SSSR count). The number of hydrogen-bond acceptors (Lipinski definition) is 4. The minimum atomic E-state index is -0.468. The summed E-state index contributed by atoms with van der Waals surface area (Å²) in [6.07, 6.45) is 0.158. The van der Waals surface area contributed by atoms with E-state index in [-0.39, 0.29) is 18.0 Å². The van der Waals surface area contributed by atoms with Gasteiger partial charge in [0, 0.05) is 17.8 Å². The van der Waals surface area contributed by atoms with Crippen LogP contribution < -0.4 is 10.1 Å². The van der Waals surface area contributed by atoms with Gasteiger partial charge in [-0.05, 0) is 36.8 Å². The van der Waals surface area contributed by atoms with Crippen LogP contribution in [-0.2, 0) is 11.2 Å². The number of nitro benzene ring substituents is 1. The number of anilines is 1. The van der Waals surface area contributed by atoms with Gasteiger partial charge in [0.2, 0.25) is 5.91 Å². The molecular formula is C16H16N2O4. The molecule has 0 aliphatic heterocycles. The zero-order valence-corrected chi connectivity index (χ0v) is 12.1. The van der Waals surface area contributed by atoms with E-state index in [0.29, 0.717) is 17.9 Å². The second-order valence-electron chi connectivity index (χ2n) is 4.61. The summed E-state index contributed by atoms with van der Waals surface area (Å²) >= 11 is 0. The molecule has 6 heteroatoms. The summed E-state index contributed by atoms with van der Waals surface area (Å²) in [7, 11) is 0. The third-order valence-corrected chi connectivity index (χ3v) is 2.96. The van der Waals surface area contributed by atoms with Crippen molar-refractivity contribution in [2.45, 2.75) is 13.3 Å². The zero-order valence-electron chi connectivity index (χ0n) is 12.1. The number of benzene rings is 2. The molecule has 0 saturated carbocycles. The van der Waals surface area contributed by atoms with Gasteiger partial charge in [-0.2, -0.15) is 0 Å². The van der Waals surface area contributed by atoms with Gasteiger partial charge in [-0.25, -0.2) is 0 Å². The maximum atomic E-state index is 11.9. The van der Waals surface area contributed by atoms with E-state index in [1.165, 1.54) is 12.1 Å². The lowest BCUT2D eigenvalue weighted by atomic mass is 10.1. The number of non-ortho nitro benzene ring substituents is 1. The van der Waals surface area contributed by atoms with Crippen molar-refractivity contribution in [1.29, 1.82) is 0 Å². The third kappa shape index (κ3) is 4.31. The first-order chi connectivity index (χ1) is 10.6. The van der Waals surface area contributed by atoms with Crippen molar-refractivity contribution in [3.05, 3.63) is 64.2 Å². The average molecular weight is 300 g/mol. The van der Waals surface area contributed by atoms with Crippen LogP contribution in [0.3, 0.4) is 0 Å². The fraction of sp³-hybridized carbons (Fsp3) is 0.188. The van der Waals surface area contributed by atoms with Crippen LogP contribution in [0.4, 0.5) is 11.4 Å². The Morgan fingerprint density at radius 3 is 2.32 bits per heavy atom. The van der Waals surface area contributed by atoms with Gasteiger partial charge in [0.15, 0.2) is 0 Å². The molecule has 0 spiro atoms. The molecule has 0 radical (unpaired) electrons. The SMILES string of the molecule is CCOc1ccc(NC(=O)Cc2ccc([N+](=O)[O-])cc2)cc1. The van der Waals surface area contributed by atoms with Crippen LogP contribution in [0.5, 0.6) is 5.75 Å². The molecule has 1 amide bonds. The molecule has 0 unspecified atom stereocenters. The lowest BCUT2D eigenvalue weighted by Gasteiger charge is -2.07. The Labute approximate surface area is 127 Å². The van der Waals surface area contributed by atoms with Crippen LogP contribution in [-0.4, -0.2) is 17.4 Å². The maximum Gasteiger partial charge on any atom is 0.269 e. The van der Waals surface area contributed by atoms with E-state index < -0.39 is 4.92 Å². The lowest BCUT2D eigenvalue weighted by molar-refractivity contribution is -0.384. The Hall–Kier alpha value is -2.89. The minimum absolute atomic E-state index is 0.00988. The number of hydrogen-bond donors (Lipinski definition) is 1. The van der Waals surface area contributed by atoms with E-state index in [2.05, 4.69) is 5.32 Å². The number of nitrogens with one attached hydrogen (secondary N) is 1. The van der Waals surface area contributed by atoms with Crippen LogP contribution in [0.1, 0.15) is 12.5 Å². The molecule has 0 aliphatic carbocycles. The number of amides is 1. The van der Waals surface area contributed by atoms with Gasteiger partial charge in [-0.3, -0.25) is 14.9 Å². The molecule has 0 fully saturated rings. The van der Waals surface area contributed by atoms with Gasteiger partial charge in [-0.15, -0.1) is 0 Å². The lowest BCUT2D eigenvalue weighted by Crippen LogP contribution is -2.14. The molecule has 0 bridgehead atoms. The summed E-state index contributed by atoms with van der Waals surface area (Å²) in [4.78, 5) is 22.0. The van der Waals surface area contributed by atoms with Crippen LogP contribution in [0.2, 0.25) is 0 Å².